The largest absolute Gasteiger partial charge is 0.361 e. The van der Waals surface area contributed by atoms with Crippen molar-refractivity contribution in [2.45, 2.75) is 46.6 Å². The van der Waals surface area contributed by atoms with Crippen LogP contribution < -0.4 is 0 Å². The van der Waals surface area contributed by atoms with Gasteiger partial charge in [0.15, 0.2) is 0 Å². The molecule has 0 saturated carbocycles. The predicted molar refractivity (Wildman–Crippen MR) is 125 cm³/mol. The summed E-state index contributed by atoms with van der Waals surface area (Å²) >= 11 is 0. The van der Waals surface area contributed by atoms with Crippen molar-refractivity contribution in [3.63, 3.8) is 0 Å². The standard InChI is InChI=1S/C26H30N4O/c1-18-10-5-8-14-25(18)30-20(3)23(19(2)28-30)17-29(4)26(31)15-9-11-21-16-27-24-13-7-6-12-22(21)24/h5-8,10,12-14,16,27H,9,11,15,17H2,1-4H3. The van der Waals surface area contributed by atoms with Gasteiger partial charge in [-0.2, -0.15) is 5.10 Å². The van der Waals surface area contributed by atoms with Crippen molar-refractivity contribution < 1.29 is 4.79 Å². The minimum Gasteiger partial charge on any atom is -0.361 e. The number of H-pyrrole nitrogens is 1. The summed E-state index contributed by atoms with van der Waals surface area (Å²) in [5.74, 6) is 0.169. The molecule has 0 fully saturated rings. The normalized spacial score (nSPS) is 11.2. The molecule has 2 aromatic carbocycles. The minimum atomic E-state index is 0.169. The van der Waals surface area contributed by atoms with Crippen molar-refractivity contribution in [2.75, 3.05) is 7.05 Å². The summed E-state index contributed by atoms with van der Waals surface area (Å²) in [7, 11) is 1.89. The topological polar surface area (TPSA) is 53.9 Å². The fourth-order valence-corrected chi connectivity index (χ4v) is 4.22. The number of hydrogen-bond donors (Lipinski definition) is 1. The van der Waals surface area contributed by atoms with Crippen molar-refractivity contribution in [1.29, 1.82) is 0 Å². The third-order valence-electron chi connectivity index (χ3n) is 6.12. The first-order chi connectivity index (χ1) is 15.0. The maximum Gasteiger partial charge on any atom is 0.222 e. The molecular weight excluding hydrogens is 384 g/mol. The van der Waals surface area contributed by atoms with Crippen LogP contribution in [0.1, 0.15) is 40.9 Å². The molecule has 0 spiro atoms. The van der Waals surface area contributed by atoms with Gasteiger partial charge in [0.2, 0.25) is 5.91 Å². The SMILES string of the molecule is Cc1ccccc1-n1nc(C)c(CN(C)C(=O)CCCc2c[nH]c3ccccc23)c1C. The average molecular weight is 415 g/mol. The predicted octanol–water partition coefficient (Wildman–Crippen LogP) is 5.26. The van der Waals surface area contributed by atoms with Gasteiger partial charge in [-0.3, -0.25) is 4.79 Å². The van der Waals surface area contributed by atoms with Crippen molar-refractivity contribution >= 4 is 16.8 Å². The van der Waals surface area contributed by atoms with E-state index in [1.165, 1.54) is 16.5 Å². The summed E-state index contributed by atoms with van der Waals surface area (Å²) in [6, 6.07) is 16.5. The number of aromatic amines is 1. The van der Waals surface area contributed by atoms with E-state index in [1.54, 1.807) is 0 Å². The van der Waals surface area contributed by atoms with Gasteiger partial charge in [-0.25, -0.2) is 4.68 Å². The number of rotatable bonds is 7. The maximum absolute atomic E-state index is 12.8. The first kappa shape index (κ1) is 20.9. The van der Waals surface area contributed by atoms with Crippen LogP contribution in [0, 0.1) is 20.8 Å². The molecule has 4 rings (SSSR count). The highest BCUT2D eigenvalue weighted by molar-refractivity contribution is 5.83. The molecule has 0 unspecified atom stereocenters. The Morgan fingerprint density at radius 3 is 2.61 bits per heavy atom. The summed E-state index contributed by atoms with van der Waals surface area (Å²) in [5, 5.41) is 6.00. The van der Waals surface area contributed by atoms with Crippen LogP contribution in [-0.4, -0.2) is 32.6 Å². The monoisotopic (exact) mass is 414 g/mol. The molecule has 0 atom stereocenters. The Labute approximate surface area is 183 Å². The van der Waals surface area contributed by atoms with Gasteiger partial charge >= 0.3 is 0 Å². The Bertz CT molecular complexity index is 1220. The lowest BCUT2D eigenvalue weighted by Crippen LogP contribution is -2.26. The van der Waals surface area contributed by atoms with Crippen LogP contribution in [0.4, 0.5) is 0 Å². The van der Waals surface area contributed by atoms with Crippen LogP contribution in [0.15, 0.2) is 54.7 Å². The molecule has 5 heteroatoms. The van der Waals surface area contributed by atoms with Crippen LogP contribution in [0.3, 0.4) is 0 Å². The summed E-state index contributed by atoms with van der Waals surface area (Å²) in [6.07, 6.45) is 4.34. The number of benzene rings is 2. The highest BCUT2D eigenvalue weighted by Crippen LogP contribution is 2.22. The number of carbonyl (C=O) groups is 1. The number of nitrogens with zero attached hydrogens (tertiary/aromatic N) is 3. The number of hydrogen-bond acceptors (Lipinski definition) is 2. The van der Waals surface area contributed by atoms with E-state index in [9.17, 15) is 4.79 Å². The first-order valence-electron chi connectivity index (χ1n) is 10.9. The Hall–Kier alpha value is -3.34. The lowest BCUT2D eigenvalue weighted by molar-refractivity contribution is -0.130. The van der Waals surface area contributed by atoms with Gasteiger partial charge in [-0.15, -0.1) is 0 Å². The van der Waals surface area contributed by atoms with Gasteiger partial charge in [-0.05, 0) is 56.9 Å². The van der Waals surface area contributed by atoms with Crippen LogP contribution in [0.2, 0.25) is 0 Å². The molecule has 0 aliphatic heterocycles. The molecule has 0 radical (unpaired) electrons. The van der Waals surface area contributed by atoms with Crippen LogP contribution in [-0.2, 0) is 17.8 Å². The van der Waals surface area contributed by atoms with E-state index in [-0.39, 0.29) is 5.91 Å². The Balaban J connectivity index is 1.39. The lowest BCUT2D eigenvalue weighted by atomic mass is 10.1. The molecule has 160 valence electrons. The zero-order chi connectivity index (χ0) is 22.0. The van der Waals surface area contributed by atoms with Gasteiger partial charge in [0.25, 0.3) is 0 Å². The second-order valence-corrected chi connectivity index (χ2v) is 8.31. The molecule has 5 nitrogen and oxygen atoms in total. The second-order valence-electron chi connectivity index (χ2n) is 8.31. The van der Waals surface area contributed by atoms with Crippen molar-refractivity contribution in [3.8, 4) is 5.69 Å². The molecule has 0 aliphatic carbocycles. The average Bonchev–Trinajstić information content (AvgIpc) is 3.30. The van der Waals surface area contributed by atoms with E-state index >= 15 is 0 Å². The van der Waals surface area contributed by atoms with Crippen molar-refractivity contribution in [1.82, 2.24) is 19.7 Å². The zero-order valence-electron chi connectivity index (χ0n) is 18.8. The summed E-state index contributed by atoms with van der Waals surface area (Å²) in [5.41, 5.74) is 7.87. The van der Waals surface area contributed by atoms with E-state index in [0.29, 0.717) is 13.0 Å². The fourth-order valence-electron chi connectivity index (χ4n) is 4.22. The first-order valence-corrected chi connectivity index (χ1v) is 10.9. The number of para-hydroxylation sites is 2. The smallest absolute Gasteiger partial charge is 0.222 e. The minimum absolute atomic E-state index is 0.169. The Kier molecular flexibility index (Phi) is 5.94. The number of aromatic nitrogens is 3. The summed E-state index contributed by atoms with van der Waals surface area (Å²) in [6.45, 7) is 6.77. The van der Waals surface area contributed by atoms with Gasteiger partial charge in [0.1, 0.15) is 0 Å². The van der Waals surface area contributed by atoms with E-state index in [4.69, 9.17) is 5.10 Å². The molecule has 0 aliphatic rings. The highest BCUT2D eigenvalue weighted by atomic mass is 16.2. The third kappa shape index (κ3) is 4.26. The molecule has 4 aromatic rings. The summed E-state index contributed by atoms with van der Waals surface area (Å²) in [4.78, 5) is 17.9. The van der Waals surface area contributed by atoms with Crippen molar-refractivity contribution in [2.24, 2.45) is 0 Å². The summed E-state index contributed by atoms with van der Waals surface area (Å²) < 4.78 is 2.00. The highest BCUT2D eigenvalue weighted by Gasteiger charge is 2.18. The third-order valence-corrected chi connectivity index (χ3v) is 6.12. The number of nitrogens with one attached hydrogen (secondary N) is 1. The quantitative estimate of drug-likeness (QED) is 0.448. The van der Waals surface area contributed by atoms with E-state index in [0.717, 1.165) is 41.0 Å². The molecule has 1 N–H and O–H groups in total. The van der Waals surface area contributed by atoms with E-state index < -0.39 is 0 Å². The zero-order valence-corrected chi connectivity index (χ0v) is 18.8. The van der Waals surface area contributed by atoms with Gasteiger partial charge in [-0.1, -0.05) is 36.4 Å². The number of amides is 1. The van der Waals surface area contributed by atoms with Crippen LogP contribution in [0.5, 0.6) is 0 Å². The Morgan fingerprint density at radius 1 is 1.06 bits per heavy atom. The van der Waals surface area contributed by atoms with E-state index in [2.05, 4.69) is 55.4 Å². The molecule has 0 bridgehead atoms. The van der Waals surface area contributed by atoms with Gasteiger partial charge in [0.05, 0.1) is 11.4 Å². The molecule has 0 saturated heterocycles. The number of carbonyl (C=O) groups excluding carboxylic acids is 1. The Morgan fingerprint density at radius 2 is 1.81 bits per heavy atom. The molecule has 2 heterocycles. The fraction of sp³-hybridized carbons (Fsp3) is 0.308. The van der Waals surface area contributed by atoms with Gasteiger partial charge < -0.3 is 9.88 Å². The molecule has 31 heavy (non-hydrogen) atoms. The van der Waals surface area contributed by atoms with Gasteiger partial charge in [0, 0.05) is 48.4 Å². The van der Waals surface area contributed by atoms with Crippen LogP contribution in [0.25, 0.3) is 16.6 Å². The van der Waals surface area contributed by atoms with Crippen molar-refractivity contribution in [3.05, 3.63) is 82.8 Å². The maximum atomic E-state index is 12.8. The molecule has 2 aromatic heterocycles. The molecular formula is C26H30N4O. The number of aryl methyl sites for hydroxylation is 3. The number of fused-ring (bicyclic) bond motifs is 1. The second kappa shape index (κ2) is 8.80. The lowest BCUT2D eigenvalue weighted by Gasteiger charge is -2.18. The van der Waals surface area contributed by atoms with Crippen LogP contribution >= 0.6 is 0 Å². The van der Waals surface area contributed by atoms with E-state index in [1.807, 2.05) is 41.8 Å². The molecule has 1 amide bonds.